The highest BCUT2D eigenvalue weighted by Crippen LogP contribution is 2.04. The number of nitrogens with one attached hydrogen (secondary N) is 2. The molecular weight excluding hydrogens is 196 g/mol. The first-order valence-corrected chi connectivity index (χ1v) is 4.71. The molecule has 0 aromatic heterocycles. The summed E-state index contributed by atoms with van der Waals surface area (Å²) < 4.78 is 0. The molecule has 4 heteroatoms. The Bertz CT molecular complexity index is 313. The highest BCUT2D eigenvalue weighted by Gasteiger charge is 2.01. The number of para-hydroxylation sites is 1. The van der Waals surface area contributed by atoms with E-state index in [2.05, 4.69) is 10.6 Å². The van der Waals surface area contributed by atoms with Crippen molar-refractivity contribution in [2.45, 2.75) is 13.0 Å². The molecule has 74 valence electrons. The van der Waals surface area contributed by atoms with Crippen LogP contribution in [0.4, 0.5) is 5.69 Å². The van der Waals surface area contributed by atoms with Gasteiger partial charge in [0.2, 0.25) is 0 Å². The van der Waals surface area contributed by atoms with Gasteiger partial charge < -0.3 is 15.4 Å². The SMILES string of the molecule is CC(C=O)NC(=S)Nc1ccccc1. The third kappa shape index (κ3) is 3.53. The molecule has 0 saturated heterocycles. The fourth-order valence-electron chi connectivity index (χ4n) is 0.929. The number of hydrogen-bond acceptors (Lipinski definition) is 2. The average Bonchev–Trinajstić information content (AvgIpc) is 2.19. The molecule has 0 aliphatic heterocycles. The normalized spacial score (nSPS) is 11.5. The molecule has 0 amide bonds. The molecule has 0 spiro atoms. The third-order valence-electron chi connectivity index (χ3n) is 1.59. The second-order valence-corrected chi connectivity index (χ2v) is 3.30. The molecule has 1 unspecified atom stereocenters. The maximum Gasteiger partial charge on any atom is 0.171 e. The number of anilines is 1. The van der Waals surface area contributed by atoms with Gasteiger partial charge >= 0.3 is 0 Å². The van der Waals surface area contributed by atoms with Crippen LogP contribution < -0.4 is 10.6 Å². The van der Waals surface area contributed by atoms with Gasteiger partial charge in [0.25, 0.3) is 0 Å². The van der Waals surface area contributed by atoms with Gasteiger partial charge in [-0.1, -0.05) is 18.2 Å². The standard InChI is InChI=1S/C10H12N2OS/c1-8(7-13)11-10(14)12-9-5-3-2-4-6-9/h2-8H,1H3,(H2,11,12,14). The predicted octanol–water partition coefficient (Wildman–Crippen LogP) is 1.56. The van der Waals surface area contributed by atoms with Gasteiger partial charge in [-0.15, -0.1) is 0 Å². The van der Waals surface area contributed by atoms with E-state index in [-0.39, 0.29) is 6.04 Å². The van der Waals surface area contributed by atoms with Crippen molar-refractivity contribution in [3.05, 3.63) is 30.3 Å². The van der Waals surface area contributed by atoms with E-state index in [4.69, 9.17) is 12.2 Å². The summed E-state index contributed by atoms with van der Waals surface area (Å²) in [5.41, 5.74) is 0.906. The van der Waals surface area contributed by atoms with Crippen molar-refractivity contribution in [1.82, 2.24) is 5.32 Å². The molecule has 1 atom stereocenters. The lowest BCUT2D eigenvalue weighted by Gasteiger charge is -2.11. The van der Waals surface area contributed by atoms with Crippen LogP contribution in [0.2, 0.25) is 0 Å². The third-order valence-corrected chi connectivity index (χ3v) is 1.81. The predicted molar refractivity (Wildman–Crippen MR) is 61.3 cm³/mol. The van der Waals surface area contributed by atoms with Crippen LogP contribution in [-0.4, -0.2) is 17.4 Å². The fraction of sp³-hybridized carbons (Fsp3) is 0.200. The molecule has 1 aromatic carbocycles. The zero-order valence-electron chi connectivity index (χ0n) is 7.86. The van der Waals surface area contributed by atoms with Crippen LogP contribution in [-0.2, 0) is 4.79 Å². The van der Waals surface area contributed by atoms with Gasteiger partial charge in [-0.3, -0.25) is 0 Å². The number of carbonyl (C=O) groups is 1. The highest BCUT2D eigenvalue weighted by molar-refractivity contribution is 7.80. The van der Waals surface area contributed by atoms with Crippen LogP contribution in [0.5, 0.6) is 0 Å². The van der Waals surface area contributed by atoms with Crippen molar-refractivity contribution in [1.29, 1.82) is 0 Å². The summed E-state index contributed by atoms with van der Waals surface area (Å²) in [5, 5.41) is 6.25. The van der Waals surface area contributed by atoms with Crippen LogP contribution in [0.15, 0.2) is 30.3 Å². The van der Waals surface area contributed by atoms with Gasteiger partial charge in [0.15, 0.2) is 5.11 Å². The van der Waals surface area contributed by atoms with Gasteiger partial charge in [-0.05, 0) is 31.3 Å². The summed E-state index contributed by atoms with van der Waals surface area (Å²) in [5.74, 6) is 0. The molecule has 0 fully saturated rings. The van der Waals surface area contributed by atoms with Crippen LogP contribution in [0, 0.1) is 0 Å². The number of benzene rings is 1. The Morgan fingerprint density at radius 3 is 2.64 bits per heavy atom. The van der Waals surface area contributed by atoms with E-state index in [1.54, 1.807) is 6.92 Å². The van der Waals surface area contributed by atoms with E-state index in [1.807, 2.05) is 30.3 Å². The van der Waals surface area contributed by atoms with E-state index in [1.165, 1.54) is 0 Å². The van der Waals surface area contributed by atoms with Crippen molar-refractivity contribution >= 4 is 29.3 Å². The average molecular weight is 208 g/mol. The first-order chi connectivity index (χ1) is 6.72. The second-order valence-electron chi connectivity index (χ2n) is 2.89. The van der Waals surface area contributed by atoms with E-state index >= 15 is 0 Å². The maximum absolute atomic E-state index is 10.3. The van der Waals surface area contributed by atoms with Crippen LogP contribution in [0.3, 0.4) is 0 Å². The van der Waals surface area contributed by atoms with Crippen molar-refractivity contribution < 1.29 is 4.79 Å². The molecule has 0 heterocycles. The summed E-state index contributed by atoms with van der Waals surface area (Å²) in [6, 6.07) is 9.29. The minimum Gasteiger partial charge on any atom is -0.353 e. The lowest BCUT2D eigenvalue weighted by Crippen LogP contribution is -2.36. The number of thiocarbonyl (C=S) groups is 1. The van der Waals surface area contributed by atoms with Gasteiger partial charge in [0, 0.05) is 5.69 Å². The number of aldehydes is 1. The summed E-state index contributed by atoms with van der Waals surface area (Å²) in [4.78, 5) is 10.3. The Morgan fingerprint density at radius 1 is 1.43 bits per heavy atom. The lowest BCUT2D eigenvalue weighted by molar-refractivity contribution is -0.108. The summed E-state index contributed by atoms with van der Waals surface area (Å²) in [6.45, 7) is 1.74. The molecule has 14 heavy (non-hydrogen) atoms. The Kier molecular flexibility index (Phi) is 4.07. The lowest BCUT2D eigenvalue weighted by atomic mass is 10.3. The molecular formula is C10H12N2OS. The summed E-state index contributed by atoms with van der Waals surface area (Å²) >= 11 is 5.00. The van der Waals surface area contributed by atoms with Crippen LogP contribution >= 0.6 is 12.2 Å². The van der Waals surface area contributed by atoms with Crippen molar-refractivity contribution in [3.8, 4) is 0 Å². The topological polar surface area (TPSA) is 41.1 Å². The molecule has 2 N–H and O–H groups in total. The quantitative estimate of drug-likeness (QED) is 0.584. The molecule has 1 aromatic rings. The van der Waals surface area contributed by atoms with E-state index in [9.17, 15) is 4.79 Å². The smallest absolute Gasteiger partial charge is 0.171 e. The Morgan fingerprint density at radius 2 is 2.07 bits per heavy atom. The zero-order chi connectivity index (χ0) is 10.4. The molecule has 0 aliphatic carbocycles. The number of hydrogen-bond donors (Lipinski definition) is 2. The van der Waals surface area contributed by atoms with Gasteiger partial charge in [-0.2, -0.15) is 0 Å². The van der Waals surface area contributed by atoms with E-state index in [0.29, 0.717) is 5.11 Å². The van der Waals surface area contributed by atoms with E-state index in [0.717, 1.165) is 12.0 Å². The Hall–Kier alpha value is -1.42. The first kappa shape index (κ1) is 10.7. The van der Waals surface area contributed by atoms with Crippen molar-refractivity contribution in [2.24, 2.45) is 0 Å². The Balaban J connectivity index is 2.46. The van der Waals surface area contributed by atoms with E-state index < -0.39 is 0 Å². The fourth-order valence-corrected chi connectivity index (χ4v) is 1.23. The molecule has 0 radical (unpaired) electrons. The number of rotatable bonds is 3. The molecule has 3 nitrogen and oxygen atoms in total. The first-order valence-electron chi connectivity index (χ1n) is 4.30. The molecule has 1 rings (SSSR count). The van der Waals surface area contributed by atoms with Crippen LogP contribution in [0.1, 0.15) is 6.92 Å². The molecule has 0 saturated carbocycles. The molecule has 0 bridgehead atoms. The summed E-state index contributed by atoms with van der Waals surface area (Å²) in [7, 11) is 0. The zero-order valence-corrected chi connectivity index (χ0v) is 8.67. The maximum atomic E-state index is 10.3. The highest BCUT2D eigenvalue weighted by atomic mass is 32.1. The molecule has 0 aliphatic rings. The van der Waals surface area contributed by atoms with Gasteiger partial charge in [0.05, 0.1) is 6.04 Å². The van der Waals surface area contributed by atoms with Gasteiger partial charge in [0.1, 0.15) is 6.29 Å². The Labute approximate surface area is 88.5 Å². The van der Waals surface area contributed by atoms with Crippen LogP contribution in [0.25, 0.3) is 0 Å². The largest absolute Gasteiger partial charge is 0.353 e. The van der Waals surface area contributed by atoms with Crippen molar-refractivity contribution in [2.75, 3.05) is 5.32 Å². The van der Waals surface area contributed by atoms with Gasteiger partial charge in [-0.25, -0.2) is 0 Å². The minimum atomic E-state index is -0.265. The minimum absolute atomic E-state index is 0.265. The number of carbonyl (C=O) groups excluding carboxylic acids is 1. The summed E-state index contributed by atoms with van der Waals surface area (Å²) in [6.07, 6.45) is 0.805. The second kappa shape index (κ2) is 5.34. The monoisotopic (exact) mass is 208 g/mol. The van der Waals surface area contributed by atoms with Crippen molar-refractivity contribution in [3.63, 3.8) is 0 Å².